The topological polar surface area (TPSA) is 50.7 Å². The van der Waals surface area contributed by atoms with Crippen LogP contribution in [0.2, 0.25) is 0 Å². The average Bonchev–Trinajstić information content (AvgIpc) is 2.29. The quantitative estimate of drug-likeness (QED) is 0.617. The Morgan fingerprint density at radius 3 is 3.00 bits per heavy atom. The largest absolute Gasteiger partial charge is 0.327 e. The number of hydrogen-bond donors (Lipinski definition) is 1. The highest BCUT2D eigenvalue weighted by Gasteiger charge is 2.05. The van der Waals surface area contributed by atoms with Crippen LogP contribution in [0.5, 0.6) is 0 Å². The fourth-order valence-electron chi connectivity index (χ4n) is 1.29. The second-order valence-electron chi connectivity index (χ2n) is 2.76. The molecule has 0 atom stereocenters. The molecule has 12 heavy (non-hydrogen) atoms. The van der Waals surface area contributed by atoms with Crippen molar-refractivity contribution in [2.24, 2.45) is 7.05 Å². The van der Waals surface area contributed by atoms with Gasteiger partial charge in [-0.2, -0.15) is 0 Å². The van der Waals surface area contributed by atoms with Crippen molar-refractivity contribution in [2.75, 3.05) is 0 Å². The second-order valence-corrected chi connectivity index (χ2v) is 2.76. The molecule has 0 fully saturated rings. The molecular weight excluding hydrogens is 154 g/mol. The molecule has 2 aromatic rings. The lowest BCUT2D eigenvalue weighted by atomic mass is 10.4. The van der Waals surface area contributed by atoms with E-state index in [2.05, 4.69) is 9.97 Å². The molecule has 0 saturated heterocycles. The lowest BCUT2D eigenvalue weighted by molar-refractivity contribution is 0.880. The lowest BCUT2D eigenvalue weighted by Gasteiger charge is -1.93. The van der Waals surface area contributed by atoms with E-state index in [1.54, 1.807) is 16.8 Å². The zero-order valence-corrected chi connectivity index (χ0v) is 6.96. The third-order valence-corrected chi connectivity index (χ3v) is 2.02. The highest BCUT2D eigenvalue weighted by atomic mass is 16.1. The molecule has 0 amide bonds. The van der Waals surface area contributed by atoms with Crippen molar-refractivity contribution in [1.82, 2.24) is 14.5 Å². The molecule has 0 aliphatic carbocycles. The van der Waals surface area contributed by atoms with Gasteiger partial charge in [-0.3, -0.25) is 4.79 Å². The van der Waals surface area contributed by atoms with Crippen LogP contribution in [0.4, 0.5) is 0 Å². The summed E-state index contributed by atoms with van der Waals surface area (Å²) in [6, 6.07) is 1.80. The van der Waals surface area contributed by atoms with E-state index < -0.39 is 0 Å². The van der Waals surface area contributed by atoms with Crippen molar-refractivity contribution in [1.29, 1.82) is 0 Å². The summed E-state index contributed by atoms with van der Waals surface area (Å²) in [6.45, 7) is 1.87. The molecule has 0 spiro atoms. The molecule has 2 heterocycles. The zero-order chi connectivity index (χ0) is 8.72. The maximum absolute atomic E-state index is 11.3. The normalized spacial score (nSPS) is 10.8. The third-order valence-electron chi connectivity index (χ3n) is 2.02. The van der Waals surface area contributed by atoms with E-state index >= 15 is 0 Å². The van der Waals surface area contributed by atoms with Crippen molar-refractivity contribution in [2.45, 2.75) is 6.92 Å². The minimum Gasteiger partial charge on any atom is -0.327 e. The van der Waals surface area contributed by atoms with Gasteiger partial charge in [-0.1, -0.05) is 0 Å². The number of aromatic nitrogens is 3. The third kappa shape index (κ3) is 0.777. The summed E-state index contributed by atoms with van der Waals surface area (Å²) >= 11 is 0. The van der Waals surface area contributed by atoms with Gasteiger partial charge in [-0.25, -0.2) is 4.98 Å². The molecule has 0 bridgehead atoms. The number of imidazole rings is 1. The predicted molar refractivity (Wildman–Crippen MR) is 46.1 cm³/mol. The molecule has 1 N–H and O–H groups in total. The van der Waals surface area contributed by atoms with E-state index in [1.807, 2.05) is 14.0 Å². The molecule has 0 unspecified atom stereocenters. The van der Waals surface area contributed by atoms with Crippen LogP contribution in [-0.2, 0) is 7.05 Å². The van der Waals surface area contributed by atoms with Crippen LogP contribution >= 0.6 is 0 Å². The molecule has 4 heteroatoms. The molecule has 0 aromatic carbocycles. The van der Waals surface area contributed by atoms with Gasteiger partial charge in [-0.15, -0.1) is 0 Å². The molecule has 0 aliphatic heterocycles. The van der Waals surface area contributed by atoms with Crippen molar-refractivity contribution < 1.29 is 0 Å². The van der Waals surface area contributed by atoms with Gasteiger partial charge in [-0.05, 0) is 13.0 Å². The molecule has 0 aliphatic rings. The maximum atomic E-state index is 11.3. The van der Waals surface area contributed by atoms with Gasteiger partial charge in [0.1, 0.15) is 11.3 Å². The van der Waals surface area contributed by atoms with Gasteiger partial charge < -0.3 is 9.55 Å². The molecule has 0 saturated carbocycles. The van der Waals surface area contributed by atoms with Gasteiger partial charge in [0.25, 0.3) is 5.56 Å². The smallest absolute Gasteiger partial charge is 0.274 e. The number of fused-ring (bicyclic) bond motifs is 1. The number of H-pyrrole nitrogens is 1. The Morgan fingerprint density at radius 2 is 2.33 bits per heavy atom. The number of pyridine rings is 1. The van der Waals surface area contributed by atoms with Crippen LogP contribution in [0.1, 0.15) is 5.82 Å². The summed E-state index contributed by atoms with van der Waals surface area (Å²) in [7, 11) is 1.83. The number of nitrogens with zero attached hydrogens (tertiary/aromatic N) is 2. The minimum atomic E-state index is -0.0874. The van der Waals surface area contributed by atoms with E-state index in [0.717, 1.165) is 11.3 Å². The Bertz CT molecular complexity index is 480. The summed E-state index contributed by atoms with van der Waals surface area (Å²) in [5, 5.41) is 0. The van der Waals surface area contributed by atoms with Gasteiger partial charge in [0, 0.05) is 13.2 Å². The van der Waals surface area contributed by atoms with Crippen molar-refractivity contribution in [3.05, 3.63) is 28.4 Å². The van der Waals surface area contributed by atoms with Gasteiger partial charge >= 0.3 is 0 Å². The van der Waals surface area contributed by atoms with E-state index in [4.69, 9.17) is 0 Å². The maximum Gasteiger partial charge on any atom is 0.274 e. The second kappa shape index (κ2) is 2.20. The number of nitrogens with one attached hydrogen (secondary N) is 1. The van der Waals surface area contributed by atoms with Crippen LogP contribution in [-0.4, -0.2) is 14.5 Å². The zero-order valence-electron chi connectivity index (χ0n) is 6.96. The SMILES string of the molecule is Cc1nc2cc[nH]c(=O)c2n1C. The number of aromatic amines is 1. The molecular formula is C8H9N3O. The van der Waals surface area contributed by atoms with Gasteiger partial charge in [0.2, 0.25) is 0 Å². The Hall–Kier alpha value is -1.58. The van der Waals surface area contributed by atoms with E-state index in [-0.39, 0.29) is 5.56 Å². The lowest BCUT2D eigenvalue weighted by Crippen LogP contribution is -2.08. The first-order valence-electron chi connectivity index (χ1n) is 3.71. The fourth-order valence-corrected chi connectivity index (χ4v) is 1.29. The van der Waals surface area contributed by atoms with Crippen LogP contribution in [0.3, 0.4) is 0 Å². The molecule has 4 nitrogen and oxygen atoms in total. The molecule has 2 rings (SSSR count). The van der Waals surface area contributed by atoms with Crippen molar-refractivity contribution in [3.63, 3.8) is 0 Å². The summed E-state index contributed by atoms with van der Waals surface area (Å²) in [4.78, 5) is 18.1. The molecule has 2 aromatic heterocycles. The van der Waals surface area contributed by atoms with E-state index in [9.17, 15) is 4.79 Å². The monoisotopic (exact) mass is 163 g/mol. The van der Waals surface area contributed by atoms with Crippen molar-refractivity contribution in [3.8, 4) is 0 Å². The number of rotatable bonds is 0. The van der Waals surface area contributed by atoms with Crippen LogP contribution in [0.15, 0.2) is 17.1 Å². The number of aryl methyl sites for hydroxylation is 2. The summed E-state index contributed by atoms with van der Waals surface area (Å²) < 4.78 is 1.79. The first-order chi connectivity index (χ1) is 5.70. The van der Waals surface area contributed by atoms with Gasteiger partial charge in [0.05, 0.1) is 5.52 Å². The standard InChI is InChI=1S/C8H9N3O/c1-5-10-6-3-4-9-8(12)7(6)11(5)2/h3-4H,1-2H3,(H,9,12). The number of hydrogen-bond acceptors (Lipinski definition) is 2. The highest BCUT2D eigenvalue weighted by Crippen LogP contribution is 2.07. The first kappa shape index (κ1) is 7.09. The van der Waals surface area contributed by atoms with E-state index in [1.165, 1.54) is 0 Å². The molecule has 0 radical (unpaired) electrons. The molecule has 62 valence electrons. The highest BCUT2D eigenvalue weighted by molar-refractivity contribution is 5.74. The predicted octanol–water partition coefficient (Wildman–Crippen LogP) is 0.570. The van der Waals surface area contributed by atoms with Crippen LogP contribution in [0.25, 0.3) is 11.0 Å². The Kier molecular flexibility index (Phi) is 1.30. The first-order valence-corrected chi connectivity index (χ1v) is 3.71. The Morgan fingerprint density at radius 1 is 1.58 bits per heavy atom. The van der Waals surface area contributed by atoms with Crippen LogP contribution in [0, 0.1) is 6.92 Å². The average molecular weight is 163 g/mol. The Balaban J connectivity index is 3.07. The van der Waals surface area contributed by atoms with Gasteiger partial charge in [0.15, 0.2) is 0 Å². The fraction of sp³-hybridized carbons (Fsp3) is 0.250. The van der Waals surface area contributed by atoms with E-state index in [0.29, 0.717) is 5.52 Å². The van der Waals surface area contributed by atoms with Crippen LogP contribution < -0.4 is 5.56 Å². The van der Waals surface area contributed by atoms with Crippen molar-refractivity contribution >= 4 is 11.0 Å². The summed E-state index contributed by atoms with van der Waals surface area (Å²) in [6.07, 6.45) is 1.61. The summed E-state index contributed by atoms with van der Waals surface area (Å²) in [5.41, 5.74) is 1.30. The Labute approximate surface area is 68.9 Å². The minimum absolute atomic E-state index is 0.0874. The summed E-state index contributed by atoms with van der Waals surface area (Å²) in [5.74, 6) is 0.849.